The Bertz CT molecular complexity index is 604. The highest BCUT2D eigenvalue weighted by molar-refractivity contribution is 9.11. The number of nitrogens with zero attached hydrogens (tertiary/aromatic N) is 1. The first kappa shape index (κ1) is 14.2. The van der Waals surface area contributed by atoms with Gasteiger partial charge in [-0.3, -0.25) is 0 Å². The molecule has 0 unspecified atom stereocenters. The fourth-order valence-electron chi connectivity index (χ4n) is 1.51. The van der Waals surface area contributed by atoms with Gasteiger partial charge >= 0.3 is 0 Å². The van der Waals surface area contributed by atoms with Crippen LogP contribution in [0.1, 0.15) is 11.8 Å². The average molecular weight is 366 g/mol. The molecule has 98 valence electrons. The van der Waals surface area contributed by atoms with Crippen LogP contribution in [-0.4, -0.2) is 19.3 Å². The molecule has 2 aromatic rings. The minimum Gasteiger partial charge on any atom is -0.206 e. The Morgan fingerprint density at radius 1 is 1.33 bits per heavy atom. The van der Waals surface area contributed by atoms with Gasteiger partial charge in [0.1, 0.15) is 4.21 Å². The summed E-state index contributed by atoms with van der Waals surface area (Å²) in [4.78, 5) is 1.05. The average Bonchev–Trinajstić information content (AvgIpc) is 2.96. The minimum absolute atomic E-state index is 0.382. The van der Waals surface area contributed by atoms with E-state index in [1.54, 1.807) is 23.5 Å². The van der Waals surface area contributed by atoms with E-state index in [9.17, 15) is 8.42 Å². The second-order valence-electron chi connectivity index (χ2n) is 3.57. The number of rotatable bonds is 5. The second-order valence-corrected chi connectivity index (χ2v) is 9.23. The Morgan fingerprint density at radius 3 is 2.61 bits per heavy atom. The van der Waals surface area contributed by atoms with Gasteiger partial charge in [0.05, 0.1) is 3.79 Å². The molecule has 0 aromatic carbocycles. The van der Waals surface area contributed by atoms with Crippen LogP contribution in [0.3, 0.4) is 0 Å². The Balaban J connectivity index is 2.26. The molecule has 0 amide bonds. The number of sulfonamides is 1. The van der Waals surface area contributed by atoms with Crippen LogP contribution in [0.4, 0.5) is 0 Å². The van der Waals surface area contributed by atoms with Crippen LogP contribution in [0.15, 0.2) is 37.6 Å². The van der Waals surface area contributed by atoms with E-state index in [0.717, 1.165) is 8.66 Å². The summed E-state index contributed by atoms with van der Waals surface area (Å²) >= 11 is 6.11. The van der Waals surface area contributed by atoms with Gasteiger partial charge in [0.25, 0.3) is 10.0 Å². The van der Waals surface area contributed by atoms with Crippen molar-refractivity contribution >= 4 is 48.6 Å². The number of thiophene rings is 2. The molecule has 0 N–H and O–H groups in total. The zero-order valence-electron chi connectivity index (χ0n) is 9.67. The van der Waals surface area contributed by atoms with Crippen LogP contribution >= 0.6 is 38.6 Å². The third-order valence-electron chi connectivity index (χ3n) is 2.41. The molecule has 7 heteroatoms. The van der Waals surface area contributed by atoms with Crippen molar-refractivity contribution in [2.24, 2.45) is 0 Å². The molecule has 0 fully saturated rings. The van der Waals surface area contributed by atoms with E-state index >= 15 is 0 Å². The summed E-state index contributed by atoms with van der Waals surface area (Å²) in [5, 5.41) is 1.96. The highest BCUT2D eigenvalue weighted by atomic mass is 79.9. The molecule has 3 nitrogen and oxygen atoms in total. The molecule has 0 saturated heterocycles. The Morgan fingerprint density at radius 2 is 2.11 bits per heavy atom. The van der Waals surface area contributed by atoms with E-state index in [-0.39, 0.29) is 0 Å². The summed E-state index contributed by atoms with van der Waals surface area (Å²) in [6.45, 7) is 2.76. The smallest absolute Gasteiger partial charge is 0.206 e. The summed E-state index contributed by atoms with van der Waals surface area (Å²) in [5.74, 6) is 0. The van der Waals surface area contributed by atoms with Gasteiger partial charge in [0.2, 0.25) is 0 Å². The van der Waals surface area contributed by atoms with Gasteiger partial charge in [-0.2, -0.15) is 4.31 Å². The van der Waals surface area contributed by atoms with Crippen molar-refractivity contribution in [3.63, 3.8) is 0 Å². The summed E-state index contributed by atoms with van der Waals surface area (Å²) in [6, 6.07) is 7.28. The second kappa shape index (κ2) is 5.83. The molecule has 0 radical (unpaired) electrons. The molecule has 0 spiro atoms. The Kier molecular flexibility index (Phi) is 4.60. The van der Waals surface area contributed by atoms with Crippen LogP contribution in [0.2, 0.25) is 0 Å². The van der Waals surface area contributed by atoms with E-state index < -0.39 is 10.0 Å². The molecule has 0 saturated carbocycles. The molecule has 2 aromatic heterocycles. The predicted octanol–water partition coefficient (Wildman–Crippen LogP) is 3.78. The normalized spacial score (nSPS) is 12.2. The zero-order chi connectivity index (χ0) is 13.2. The number of hydrogen-bond acceptors (Lipinski definition) is 4. The van der Waals surface area contributed by atoms with Crippen molar-refractivity contribution < 1.29 is 8.42 Å². The lowest BCUT2D eigenvalue weighted by Gasteiger charge is -2.18. The van der Waals surface area contributed by atoms with Crippen LogP contribution in [0.5, 0.6) is 0 Å². The van der Waals surface area contributed by atoms with Crippen molar-refractivity contribution in [3.8, 4) is 0 Å². The molecule has 0 bridgehead atoms. The van der Waals surface area contributed by atoms with Crippen LogP contribution in [-0.2, 0) is 16.6 Å². The molecule has 0 aliphatic carbocycles. The summed E-state index contributed by atoms with van der Waals surface area (Å²) in [7, 11) is -3.38. The lowest BCUT2D eigenvalue weighted by Crippen LogP contribution is -2.29. The van der Waals surface area contributed by atoms with Crippen LogP contribution < -0.4 is 0 Å². The van der Waals surface area contributed by atoms with E-state index in [2.05, 4.69) is 15.9 Å². The van der Waals surface area contributed by atoms with Gasteiger partial charge in [0, 0.05) is 18.0 Å². The first-order valence-corrected chi connectivity index (χ1v) is 9.25. The van der Waals surface area contributed by atoms with Crippen molar-refractivity contribution in [3.05, 3.63) is 38.3 Å². The highest BCUT2D eigenvalue weighted by Crippen LogP contribution is 2.29. The first-order chi connectivity index (χ1) is 8.54. The maximum atomic E-state index is 12.4. The predicted molar refractivity (Wildman–Crippen MR) is 79.6 cm³/mol. The van der Waals surface area contributed by atoms with Gasteiger partial charge < -0.3 is 0 Å². The fraction of sp³-hybridized carbons (Fsp3) is 0.273. The van der Waals surface area contributed by atoms with E-state index in [4.69, 9.17) is 0 Å². The molecule has 0 atom stereocenters. The maximum absolute atomic E-state index is 12.4. The van der Waals surface area contributed by atoms with E-state index in [1.807, 2.05) is 24.4 Å². The fourth-order valence-corrected chi connectivity index (χ4v) is 5.90. The van der Waals surface area contributed by atoms with Gasteiger partial charge in [-0.15, -0.1) is 22.7 Å². The summed E-state index contributed by atoms with van der Waals surface area (Å²) in [6.07, 6.45) is 0. The monoisotopic (exact) mass is 365 g/mol. The van der Waals surface area contributed by atoms with Crippen molar-refractivity contribution in [2.45, 2.75) is 17.7 Å². The molecule has 0 aliphatic heterocycles. The van der Waals surface area contributed by atoms with Crippen LogP contribution in [0.25, 0.3) is 0 Å². The largest absolute Gasteiger partial charge is 0.252 e. The molecule has 18 heavy (non-hydrogen) atoms. The Hall–Kier alpha value is -0.210. The van der Waals surface area contributed by atoms with Crippen molar-refractivity contribution in [1.82, 2.24) is 4.31 Å². The molecular formula is C11H12BrNO2S3. The maximum Gasteiger partial charge on any atom is 0.252 e. The van der Waals surface area contributed by atoms with E-state index in [1.165, 1.54) is 15.6 Å². The third-order valence-corrected chi connectivity index (χ3v) is 7.28. The Labute approximate surface area is 123 Å². The van der Waals surface area contributed by atoms with Crippen molar-refractivity contribution in [1.29, 1.82) is 0 Å². The first-order valence-electron chi connectivity index (χ1n) is 5.32. The number of halogens is 1. The lowest BCUT2D eigenvalue weighted by atomic mass is 10.4. The SMILES string of the molecule is CCN(Cc1cccs1)S(=O)(=O)c1ccc(Br)s1. The van der Waals surface area contributed by atoms with Gasteiger partial charge in [-0.05, 0) is 39.5 Å². The van der Waals surface area contributed by atoms with E-state index in [0.29, 0.717) is 17.3 Å². The van der Waals surface area contributed by atoms with Gasteiger partial charge in [-0.1, -0.05) is 13.0 Å². The van der Waals surface area contributed by atoms with Crippen molar-refractivity contribution in [2.75, 3.05) is 6.54 Å². The lowest BCUT2D eigenvalue weighted by molar-refractivity contribution is 0.428. The third kappa shape index (κ3) is 3.03. The molecular weight excluding hydrogens is 354 g/mol. The highest BCUT2D eigenvalue weighted by Gasteiger charge is 2.25. The van der Waals surface area contributed by atoms with Gasteiger partial charge in [0.15, 0.2) is 0 Å². The topological polar surface area (TPSA) is 37.4 Å². The quantitative estimate of drug-likeness (QED) is 0.808. The van der Waals surface area contributed by atoms with Crippen LogP contribution in [0, 0.1) is 0 Å². The zero-order valence-corrected chi connectivity index (χ0v) is 13.7. The van der Waals surface area contributed by atoms with Gasteiger partial charge in [-0.25, -0.2) is 8.42 Å². The summed E-state index contributed by atoms with van der Waals surface area (Å²) in [5.41, 5.74) is 0. The molecule has 0 aliphatic rings. The summed E-state index contributed by atoms with van der Waals surface area (Å²) < 4.78 is 27.6. The molecule has 2 heterocycles. The molecule has 2 rings (SSSR count). The minimum atomic E-state index is -3.38. The standard InChI is InChI=1S/C11H12BrNO2S3/c1-2-13(8-9-4-3-7-16-9)18(14,15)11-6-5-10(12)17-11/h3-7H,2,8H2,1H3. The number of hydrogen-bond donors (Lipinski definition) is 0.